The van der Waals surface area contributed by atoms with Gasteiger partial charge in [0, 0.05) is 37.8 Å². The first-order chi connectivity index (χ1) is 15.1. The highest BCUT2D eigenvalue weighted by Crippen LogP contribution is 2.34. The topological polar surface area (TPSA) is 72.3 Å². The third kappa shape index (κ3) is 5.30. The first-order valence-electron chi connectivity index (χ1n) is 11.3. The minimum absolute atomic E-state index is 0.0586. The van der Waals surface area contributed by atoms with Crippen LogP contribution in [0.25, 0.3) is 11.4 Å². The van der Waals surface area contributed by atoms with Crippen molar-refractivity contribution in [3.63, 3.8) is 0 Å². The Bertz CT molecular complexity index is 888. The van der Waals surface area contributed by atoms with E-state index in [4.69, 9.17) is 4.74 Å². The number of nitrogens with zero attached hydrogens (tertiary/aromatic N) is 4. The number of aryl methyl sites for hydroxylation is 1. The highest BCUT2D eigenvalue weighted by molar-refractivity contribution is 7.99. The zero-order valence-corrected chi connectivity index (χ0v) is 19.4. The molecule has 1 aromatic carbocycles. The van der Waals surface area contributed by atoms with E-state index in [9.17, 15) is 4.79 Å². The molecule has 1 saturated carbocycles. The standard InChI is InChI=1S/C23H33N5O2S/c1-18-7-6-8-19(15-18)21-25-26-22(27(21)2)31-16-20(29)24-17-23(9-4-3-5-10-23)28-11-13-30-14-12-28/h6-8,15H,3-5,9-14,16-17H2,1-2H3,(H,24,29). The molecule has 168 valence electrons. The van der Waals surface area contributed by atoms with Gasteiger partial charge in [-0.2, -0.15) is 0 Å². The molecule has 1 amide bonds. The highest BCUT2D eigenvalue weighted by Gasteiger charge is 2.38. The fourth-order valence-corrected chi connectivity index (χ4v) is 5.51. The fourth-order valence-electron chi connectivity index (χ4n) is 4.77. The van der Waals surface area contributed by atoms with E-state index in [0.717, 1.165) is 62.2 Å². The van der Waals surface area contributed by atoms with Gasteiger partial charge < -0.3 is 14.6 Å². The van der Waals surface area contributed by atoms with Gasteiger partial charge in [-0.15, -0.1) is 10.2 Å². The van der Waals surface area contributed by atoms with Crippen molar-refractivity contribution in [3.05, 3.63) is 29.8 Å². The average molecular weight is 444 g/mol. The number of morpholine rings is 1. The van der Waals surface area contributed by atoms with Crippen molar-refractivity contribution < 1.29 is 9.53 Å². The molecule has 0 atom stereocenters. The molecule has 2 aromatic rings. The van der Waals surface area contributed by atoms with E-state index in [1.165, 1.54) is 36.6 Å². The van der Waals surface area contributed by atoms with Gasteiger partial charge in [0.25, 0.3) is 0 Å². The van der Waals surface area contributed by atoms with Gasteiger partial charge in [-0.1, -0.05) is 54.8 Å². The number of nitrogens with one attached hydrogen (secondary N) is 1. The molecule has 7 nitrogen and oxygen atoms in total. The number of benzene rings is 1. The Hall–Kier alpha value is -1.90. The van der Waals surface area contributed by atoms with E-state index >= 15 is 0 Å². The van der Waals surface area contributed by atoms with Crippen LogP contribution in [0.1, 0.15) is 37.7 Å². The number of hydrogen-bond donors (Lipinski definition) is 1. The van der Waals surface area contributed by atoms with Crippen molar-refractivity contribution in [1.29, 1.82) is 0 Å². The van der Waals surface area contributed by atoms with Crippen molar-refractivity contribution in [2.24, 2.45) is 7.05 Å². The predicted octanol–water partition coefficient (Wildman–Crippen LogP) is 3.03. The maximum Gasteiger partial charge on any atom is 0.230 e. The van der Waals surface area contributed by atoms with Gasteiger partial charge in [0.15, 0.2) is 11.0 Å². The van der Waals surface area contributed by atoms with Gasteiger partial charge in [0.1, 0.15) is 0 Å². The van der Waals surface area contributed by atoms with Crippen molar-refractivity contribution in [3.8, 4) is 11.4 Å². The number of hydrogen-bond acceptors (Lipinski definition) is 6. The van der Waals surface area contributed by atoms with Crippen molar-refractivity contribution in [1.82, 2.24) is 25.0 Å². The summed E-state index contributed by atoms with van der Waals surface area (Å²) >= 11 is 1.44. The summed E-state index contributed by atoms with van der Waals surface area (Å²) in [6, 6.07) is 8.22. The minimum atomic E-state index is 0.0586. The zero-order chi connectivity index (χ0) is 21.7. The molecular weight excluding hydrogens is 410 g/mol. The smallest absolute Gasteiger partial charge is 0.230 e. The molecule has 2 heterocycles. The van der Waals surface area contributed by atoms with Crippen LogP contribution in [-0.2, 0) is 16.6 Å². The summed E-state index contributed by atoms with van der Waals surface area (Å²) in [4.78, 5) is 15.2. The molecule has 8 heteroatoms. The summed E-state index contributed by atoms with van der Waals surface area (Å²) in [5.74, 6) is 1.22. The van der Waals surface area contributed by atoms with E-state index < -0.39 is 0 Å². The monoisotopic (exact) mass is 443 g/mol. The summed E-state index contributed by atoms with van der Waals surface area (Å²) < 4.78 is 7.51. The van der Waals surface area contributed by atoms with Gasteiger partial charge in [-0.25, -0.2) is 0 Å². The molecule has 0 unspecified atom stereocenters. The van der Waals surface area contributed by atoms with E-state index in [2.05, 4.69) is 39.5 Å². The van der Waals surface area contributed by atoms with Crippen molar-refractivity contribution in [2.45, 2.75) is 49.7 Å². The van der Waals surface area contributed by atoms with Crippen LogP contribution in [0.2, 0.25) is 0 Å². The molecule has 1 N–H and O–H groups in total. The Morgan fingerprint density at radius 1 is 1.19 bits per heavy atom. The zero-order valence-electron chi connectivity index (χ0n) is 18.6. The Balaban J connectivity index is 1.34. The third-order valence-corrected chi connectivity index (χ3v) is 7.54. The Labute approximate surface area is 188 Å². The molecular formula is C23H33N5O2S. The van der Waals surface area contributed by atoms with Crippen molar-refractivity contribution in [2.75, 3.05) is 38.6 Å². The number of carbonyl (C=O) groups is 1. The van der Waals surface area contributed by atoms with Gasteiger partial charge in [0.05, 0.1) is 19.0 Å². The van der Waals surface area contributed by atoms with Crippen LogP contribution in [0, 0.1) is 6.92 Å². The second kappa shape index (κ2) is 10.1. The van der Waals surface area contributed by atoms with E-state index in [1.54, 1.807) is 0 Å². The molecule has 0 bridgehead atoms. The molecule has 1 aromatic heterocycles. The summed E-state index contributed by atoms with van der Waals surface area (Å²) in [6.07, 6.45) is 6.09. The lowest BCUT2D eigenvalue weighted by Gasteiger charge is -2.48. The molecule has 0 radical (unpaired) electrons. The molecule has 1 aliphatic heterocycles. The third-order valence-electron chi connectivity index (χ3n) is 6.52. The van der Waals surface area contributed by atoms with Crippen LogP contribution in [0.4, 0.5) is 0 Å². The fraction of sp³-hybridized carbons (Fsp3) is 0.609. The Morgan fingerprint density at radius 3 is 2.71 bits per heavy atom. The maximum atomic E-state index is 12.7. The second-order valence-electron chi connectivity index (χ2n) is 8.68. The number of aromatic nitrogens is 3. The van der Waals surface area contributed by atoms with Gasteiger partial charge in [-0.05, 0) is 25.8 Å². The number of amides is 1. The van der Waals surface area contributed by atoms with Gasteiger partial charge in [0.2, 0.25) is 5.91 Å². The first kappa shape index (κ1) is 22.3. The lowest BCUT2D eigenvalue weighted by Crippen LogP contribution is -2.59. The molecule has 2 fully saturated rings. The SMILES string of the molecule is Cc1cccc(-c2nnc(SCC(=O)NCC3(N4CCOCC4)CCCCC3)n2C)c1. The van der Waals surface area contributed by atoms with Crippen LogP contribution >= 0.6 is 11.8 Å². The summed E-state index contributed by atoms with van der Waals surface area (Å²) in [5, 5.41) is 12.6. The lowest BCUT2D eigenvalue weighted by atomic mass is 9.79. The predicted molar refractivity (Wildman–Crippen MR) is 123 cm³/mol. The van der Waals surface area contributed by atoms with Crippen molar-refractivity contribution >= 4 is 17.7 Å². The lowest BCUT2D eigenvalue weighted by molar-refractivity contribution is -0.119. The quantitative estimate of drug-likeness (QED) is 0.663. The second-order valence-corrected chi connectivity index (χ2v) is 9.63. The number of thioether (sulfide) groups is 1. The number of carbonyl (C=O) groups excluding carboxylic acids is 1. The number of rotatable bonds is 7. The molecule has 1 saturated heterocycles. The summed E-state index contributed by atoms with van der Waals surface area (Å²) in [6.45, 7) is 6.30. The summed E-state index contributed by atoms with van der Waals surface area (Å²) in [7, 11) is 1.95. The Morgan fingerprint density at radius 2 is 1.97 bits per heavy atom. The van der Waals surface area contributed by atoms with Crippen LogP contribution < -0.4 is 5.32 Å². The van der Waals surface area contributed by atoms with Crippen LogP contribution in [0.15, 0.2) is 29.4 Å². The van der Waals surface area contributed by atoms with E-state index in [-0.39, 0.29) is 11.4 Å². The summed E-state index contributed by atoms with van der Waals surface area (Å²) in [5.41, 5.74) is 2.31. The normalized spacial score (nSPS) is 19.3. The molecule has 4 rings (SSSR count). The number of ether oxygens (including phenoxy) is 1. The van der Waals surface area contributed by atoms with Gasteiger partial charge in [-0.3, -0.25) is 9.69 Å². The molecule has 31 heavy (non-hydrogen) atoms. The van der Waals surface area contributed by atoms with E-state index in [1.807, 2.05) is 23.7 Å². The van der Waals surface area contributed by atoms with E-state index in [0.29, 0.717) is 5.75 Å². The van der Waals surface area contributed by atoms with Crippen LogP contribution in [0.5, 0.6) is 0 Å². The highest BCUT2D eigenvalue weighted by atomic mass is 32.2. The molecule has 2 aliphatic rings. The van der Waals surface area contributed by atoms with Gasteiger partial charge >= 0.3 is 0 Å². The maximum absolute atomic E-state index is 12.7. The first-order valence-corrected chi connectivity index (χ1v) is 12.2. The van der Waals surface area contributed by atoms with Crippen LogP contribution in [0.3, 0.4) is 0 Å². The minimum Gasteiger partial charge on any atom is -0.379 e. The largest absolute Gasteiger partial charge is 0.379 e. The van der Waals surface area contributed by atoms with Crippen LogP contribution in [-0.4, -0.2) is 69.7 Å². The molecule has 1 aliphatic carbocycles. The molecule has 0 spiro atoms. The average Bonchev–Trinajstić information content (AvgIpc) is 3.18. The Kier molecular flexibility index (Phi) is 7.30.